The predicted octanol–water partition coefficient (Wildman–Crippen LogP) is 0.145. The fraction of sp³-hybridized carbons (Fsp3) is 0.750. The van der Waals surface area contributed by atoms with E-state index in [9.17, 15) is 14.4 Å². The van der Waals surface area contributed by atoms with E-state index in [1.54, 1.807) is 0 Å². The number of primary amides is 1. The SMILES string of the molecule is CC(C)CC(NC(N)=O)C(=O)N1CCCC1C(=O)O. The van der Waals surface area contributed by atoms with Crippen molar-refractivity contribution in [3.63, 3.8) is 0 Å². The first-order valence-corrected chi connectivity index (χ1v) is 6.42. The average molecular weight is 271 g/mol. The number of carboxylic acid groups (broad SMARTS) is 1. The third-order valence-electron chi connectivity index (χ3n) is 3.14. The molecule has 0 saturated carbocycles. The summed E-state index contributed by atoms with van der Waals surface area (Å²) in [5.41, 5.74) is 5.06. The second-order valence-electron chi connectivity index (χ2n) is 5.22. The molecule has 19 heavy (non-hydrogen) atoms. The highest BCUT2D eigenvalue weighted by molar-refractivity contribution is 5.90. The van der Waals surface area contributed by atoms with E-state index in [1.807, 2.05) is 13.8 Å². The van der Waals surface area contributed by atoms with Crippen molar-refractivity contribution >= 4 is 17.9 Å². The number of amides is 3. The number of carboxylic acids is 1. The number of nitrogens with one attached hydrogen (secondary N) is 1. The Morgan fingerprint density at radius 3 is 2.53 bits per heavy atom. The van der Waals surface area contributed by atoms with Crippen LogP contribution >= 0.6 is 0 Å². The number of carbonyl (C=O) groups excluding carboxylic acids is 2. The van der Waals surface area contributed by atoms with E-state index in [0.29, 0.717) is 25.8 Å². The molecular formula is C12H21N3O4. The van der Waals surface area contributed by atoms with Crippen LogP contribution in [0, 0.1) is 5.92 Å². The Bertz CT molecular complexity index is 370. The van der Waals surface area contributed by atoms with Crippen molar-refractivity contribution in [3.05, 3.63) is 0 Å². The third kappa shape index (κ3) is 4.11. The summed E-state index contributed by atoms with van der Waals surface area (Å²) in [6.07, 6.45) is 1.55. The van der Waals surface area contributed by atoms with Crippen molar-refractivity contribution < 1.29 is 19.5 Å². The zero-order valence-electron chi connectivity index (χ0n) is 11.3. The van der Waals surface area contributed by atoms with Gasteiger partial charge >= 0.3 is 12.0 Å². The largest absolute Gasteiger partial charge is 0.480 e. The van der Waals surface area contributed by atoms with Gasteiger partial charge in [-0.05, 0) is 25.2 Å². The van der Waals surface area contributed by atoms with Crippen molar-refractivity contribution in [2.45, 2.75) is 45.2 Å². The van der Waals surface area contributed by atoms with Crippen LogP contribution in [0.4, 0.5) is 4.79 Å². The smallest absolute Gasteiger partial charge is 0.326 e. The predicted molar refractivity (Wildman–Crippen MR) is 68.3 cm³/mol. The first kappa shape index (κ1) is 15.3. The molecule has 0 aromatic heterocycles. The monoisotopic (exact) mass is 271 g/mol. The first-order valence-electron chi connectivity index (χ1n) is 6.42. The highest BCUT2D eigenvalue weighted by atomic mass is 16.4. The van der Waals surface area contributed by atoms with Crippen LogP contribution in [0.5, 0.6) is 0 Å². The fourth-order valence-corrected chi connectivity index (χ4v) is 2.35. The normalized spacial score (nSPS) is 20.4. The van der Waals surface area contributed by atoms with E-state index < -0.39 is 24.1 Å². The van der Waals surface area contributed by atoms with Gasteiger partial charge in [0.2, 0.25) is 5.91 Å². The van der Waals surface area contributed by atoms with E-state index in [1.165, 1.54) is 4.90 Å². The lowest BCUT2D eigenvalue weighted by atomic mass is 10.0. The molecule has 1 fully saturated rings. The van der Waals surface area contributed by atoms with Gasteiger partial charge < -0.3 is 21.1 Å². The first-order chi connectivity index (χ1) is 8.82. The minimum absolute atomic E-state index is 0.187. The minimum Gasteiger partial charge on any atom is -0.480 e. The second kappa shape index (κ2) is 6.40. The lowest BCUT2D eigenvalue weighted by Crippen LogP contribution is -2.53. The van der Waals surface area contributed by atoms with Gasteiger partial charge in [0.1, 0.15) is 12.1 Å². The van der Waals surface area contributed by atoms with Gasteiger partial charge in [-0.25, -0.2) is 9.59 Å². The zero-order chi connectivity index (χ0) is 14.6. The van der Waals surface area contributed by atoms with Gasteiger partial charge in [-0.15, -0.1) is 0 Å². The number of carbonyl (C=O) groups is 3. The summed E-state index contributed by atoms with van der Waals surface area (Å²) < 4.78 is 0. The van der Waals surface area contributed by atoms with Crippen molar-refractivity contribution in [1.82, 2.24) is 10.2 Å². The number of aliphatic carboxylic acids is 1. The summed E-state index contributed by atoms with van der Waals surface area (Å²) in [6.45, 7) is 4.24. The van der Waals surface area contributed by atoms with Gasteiger partial charge in [-0.1, -0.05) is 13.8 Å². The summed E-state index contributed by atoms with van der Waals surface area (Å²) in [5, 5.41) is 11.5. The van der Waals surface area contributed by atoms with Gasteiger partial charge in [-0.3, -0.25) is 4.79 Å². The summed E-state index contributed by atoms with van der Waals surface area (Å²) in [5.74, 6) is -1.18. The van der Waals surface area contributed by atoms with Gasteiger partial charge in [0.05, 0.1) is 0 Å². The molecule has 0 aromatic rings. The molecule has 3 amide bonds. The lowest BCUT2D eigenvalue weighted by molar-refractivity contribution is -0.149. The molecule has 1 aliphatic heterocycles. The maximum Gasteiger partial charge on any atom is 0.326 e. The molecule has 1 rings (SSSR count). The van der Waals surface area contributed by atoms with E-state index in [-0.39, 0.29) is 11.8 Å². The Kier molecular flexibility index (Phi) is 5.14. The maximum atomic E-state index is 12.3. The van der Waals surface area contributed by atoms with Gasteiger partial charge in [0.25, 0.3) is 0 Å². The van der Waals surface area contributed by atoms with Gasteiger partial charge in [0.15, 0.2) is 0 Å². The zero-order valence-corrected chi connectivity index (χ0v) is 11.3. The summed E-state index contributed by atoms with van der Waals surface area (Å²) in [4.78, 5) is 35.7. The molecule has 1 aliphatic rings. The molecule has 0 bridgehead atoms. The molecule has 1 saturated heterocycles. The summed E-state index contributed by atoms with van der Waals surface area (Å²) in [7, 11) is 0. The van der Waals surface area contributed by atoms with E-state index in [4.69, 9.17) is 10.8 Å². The molecule has 7 heteroatoms. The van der Waals surface area contributed by atoms with Crippen LogP contribution in [0.15, 0.2) is 0 Å². The Morgan fingerprint density at radius 1 is 1.42 bits per heavy atom. The van der Waals surface area contributed by atoms with Crippen LogP contribution in [0.3, 0.4) is 0 Å². The van der Waals surface area contributed by atoms with Crippen molar-refractivity contribution in [2.24, 2.45) is 11.7 Å². The average Bonchev–Trinajstić information content (AvgIpc) is 2.74. The molecule has 2 unspecified atom stereocenters. The molecule has 2 atom stereocenters. The van der Waals surface area contributed by atoms with Gasteiger partial charge in [-0.2, -0.15) is 0 Å². The Labute approximate surface area is 112 Å². The molecule has 0 aliphatic carbocycles. The van der Waals surface area contributed by atoms with Crippen LogP contribution in [-0.4, -0.2) is 46.5 Å². The molecule has 7 nitrogen and oxygen atoms in total. The van der Waals surface area contributed by atoms with Crippen LogP contribution in [-0.2, 0) is 9.59 Å². The van der Waals surface area contributed by atoms with Gasteiger partial charge in [0, 0.05) is 6.54 Å². The fourth-order valence-electron chi connectivity index (χ4n) is 2.35. The van der Waals surface area contributed by atoms with Crippen LogP contribution in [0.1, 0.15) is 33.1 Å². The minimum atomic E-state index is -1.01. The lowest BCUT2D eigenvalue weighted by Gasteiger charge is -2.27. The standard InChI is InChI=1S/C12H21N3O4/c1-7(2)6-8(14-12(13)19)10(16)15-5-3-4-9(15)11(17)18/h7-9H,3-6H2,1-2H3,(H,17,18)(H3,13,14,19). The van der Waals surface area contributed by atoms with Crippen LogP contribution in [0.2, 0.25) is 0 Å². The van der Waals surface area contributed by atoms with Crippen LogP contribution < -0.4 is 11.1 Å². The maximum absolute atomic E-state index is 12.3. The summed E-state index contributed by atoms with van der Waals surface area (Å²) in [6, 6.07) is -2.32. The number of rotatable bonds is 5. The van der Waals surface area contributed by atoms with E-state index in [0.717, 1.165) is 0 Å². The molecule has 108 valence electrons. The quantitative estimate of drug-likeness (QED) is 0.660. The number of nitrogens with two attached hydrogens (primary N) is 1. The summed E-state index contributed by atoms with van der Waals surface area (Å²) >= 11 is 0. The highest BCUT2D eigenvalue weighted by Crippen LogP contribution is 2.20. The Balaban J connectivity index is 2.79. The van der Waals surface area contributed by atoms with Crippen molar-refractivity contribution in [3.8, 4) is 0 Å². The van der Waals surface area contributed by atoms with E-state index >= 15 is 0 Å². The molecule has 1 heterocycles. The highest BCUT2D eigenvalue weighted by Gasteiger charge is 2.37. The number of urea groups is 1. The Hall–Kier alpha value is -1.79. The number of hydrogen-bond donors (Lipinski definition) is 3. The topological polar surface area (TPSA) is 113 Å². The van der Waals surface area contributed by atoms with Crippen LogP contribution in [0.25, 0.3) is 0 Å². The van der Waals surface area contributed by atoms with E-state index in [2.05, 4.69) is 5.32 Å². The molecule has 0 aromatic carbocycles. The van der Waals surface area contributed by atoms with Crippen molar-refractivity contribution in [2.75, 3.05) is 6.54 Å². The number of hydrogen-bond acceptors (Lipinski definition) is 3. The number of nitrogens with zero attached hydrogens (tertiary/aromatic N) is 1. The van der Waals surface area contributed by atoms with Crippen molar-refractivity contribution in [1.29, 1.82) is 0 Å². The molecule has 4 N–H and O–H groups in total. The third-order valence-corrected chi connectivity index (χ3v) is 3.14. The molecular weight excluding hydrogens is 250 g/mol. The number of likely N-dealkylation sites (tertiary alicyclic amines) is 1. The molecule has 0 spiro atoms. The molecule has 0 radical (unpaired) electrons. The second-order valence-corrected chi connectivity index (χ2v) is 5.22. The Morgan fingerprint density at radius 2 is 2.05 bits per heavy atom.